The van der Waals surface area contributed by atoms with E-state index in [9.17, 15) is 13.2 Å². The first-order chi connectivity index (χ1) is 17.2. The molecule has 4 aromatic rings. The Labute approximate surface area is 217 Å². The van der Waals surface area contributed by atoms with Gasteiger partial charge in [0.05, 0.1) is 10.6 Å². The lowest BCUT2D eigenvalue weighted by molar-refractivity contribution is -0.113. The van der Waals surface area contributed by atoms with Gasteiger partial charge < -0.3 is 10.1 Å². The van der Waals surface area contributed by atoms with Crippen LogP contribution in [0.15, 0.2) is 82.8 Å². The molecule has 186 valence electrons. The third-order valence-corrected chi connectivity index (χ3v) is 7.08. The highest BCUT2D eigenvalue weighted by Crippen LogP contribution is 2.25. The summed E-state index contributed by atoms with van der Waals surface area (Å²) in [5, 5.41) is 17.4. The molecule has 0 aliphatic rings. The number of nitrogens with zero attached hydrogens (tertiary/aromatic N) is 3. The van der Waals surface area contributed by atoms with E-state index in [1.807, 2.05) is 47.9 Å². The highest BCUT2D eigenvalue weighted by Gasteiger charge is 2.17. The summed E-state index contributed by atoms with van der Waals surface area (Å²) in [6, 6.07) is 20.5. The maximum absolute atomic E-state index is 12.5. The number of primary sulfonamides is 1. The number of ether oxygens (including phenoxy) is 1. The van der Waals surface area contributed by atoms with Crippen LogP contribution in [0.2, 0.25) is 5.02 Å². The van der Waals surface area contributed by atoms with Crippen LogP contribution in [-0.2, 0) is 21.4 Å². The van der Waals surface area contributed by atoms with Crippen molar-refractivity contribution >= 4 is 45.0 Å². The van der Waals surface area contributed by atoms with Crippen molar-refractivity contribution in [3.05, 3.63) is 89.2 Å². The zero-order chi connectivity index (χ0) is 25.7. The molecular weight excluding hydrogens is 522 g/mol. The molecular formula is C24H22ClN5O4S2. The molecule has 0 bridgehead atoms. The van der Waals surface area contributed by atoms with Crippen LogP contribution in [0.1, 0.15) is 11.4 Å². The number of carbonyl (C=O) groups is 1. The van der Waals surface area contributed by atoms with Gasteiger partial charge in [-0.2, -0.15) is 0 Å². The molecule has 1 amide bonds. The Hall–Kier alpha value is -3.38. The second-order valence-electron chi connectivity index (χ2n) is 7.72. The highest BCUT2D eigenvalue weighted by molar-refractivity contribution is 7.99. The quantitative estimate of drug-likeness (QED) is 0.303. The van der Waals surface area contributed by atoms with E-state index in [2.05, 4.69) is 15.5 Å². The molecule has 0 spiro atoms. The van der Waals surface area contributed by atoms with E-state index in [1.54, 1.807) is 12.1 Å². The topological polar surface area (TPSA) is 129 Å². The number of benzene rings is 3. The summed E-state index contributed by atoms with van der Waals surface area (Å²) in [5.41, 5.74) is 2.34. The van der Waals surface area contributed by atoms with Crippen LogP contribution in [0.3, 0.4) is 0 Å². The van der Waals surface area contributed by atoms with E-state index >= 15 is 0 Å². The van der Waals surface area contributed by atoms with Gasteiger partial charge in [-0.15, -0.1) is 10.2 Å². The molecule has 0 radical (unpaired) electrons. The summed E-state index contributed by atoms with van der Waals surface area (Å²) in [6.07, 6.45) is 0. The second-order valence-corrected chi connectivity index (χ2v) is 10.7. The summed E-state index contributed by atoms with van der Waals surface area (Å²) in [7, 11) is -3.80. The fraction of sp³-hybridized carbons (Fsp3) is 0.125. The van der Waals surface area contributed by atoms with E-state index in [4.69, 9.17) is 21.5 Å². The van der Waals surface area contributed by atoms with E-state index in [1.165, 1.54) is 36.0 Å². The van der Waals surface area contributed by atoms with E-state index < -0.39 is 10.0 Å². The smallest absolute Gasteiger partial charge is 0.238 e. The number of aryl methyl sites for hydroxylation is 1. The zero-order valence-electron chi connectivity index (χ0n) is 19.1. The van der Waals surface area contributed by atoms with Crippen molar-refractivity contribution < 1.29 is 17.9 Å². The molecule has 36 heavy (non-hydrogen) atoms. The lowest BCUT2D eigenvalue weighted by atomic mass is 10.2. The number of rotatable bonds is 9. The Bertz CT molecular complexity index is 1460. The number of halogens is 1. The summed E-state index contributed by atoms with van der Waals surface area (Å²) in [6.45, 7) is 2.17. The summed E-state index contributed by atoms with van der Waals surface area (Å²) < 4.78 is 30.5. The van der Waals surface area contributed by atoms with Crippen molar-refractivity contribution in [2.75, 3.05) is 11.1 Å². The Morgan fingerprint density at radius 2 is 1.69 bits per heavy atom. The summed E-state index contributed by atoms with van der Waals surface area (Å²) >= 11 is 7.26. The monoisotopic (exact) mass is 543 g/mol. The first-order valence-corrected chi connectivity index (χ1v) is 13.6. The van der Waals surface area contributed by atoms with Crippen LogP contribution >= 0.6 is 23.4 Å². The van der Waals surface area contributed by atoms with Crippen LogP contribution < -0.4 is 15.2 Å². The van der Waals surface area contributed by atoms with Gasteiger partial charge in [0.1, 0.15) is 12.4 Å². The fourth-order valence-corrected chi connectivity index (χ4v) is 4.59. The number of thioether (sulfide) groups is 1. The van der Waals surface area contributed by atoms with Crippen LogP contribution in [0.5, 0.6) is 5.75 Å². The molecule has 4 rings (SSSR count). The standard InChI is InChI=1S/C24H22ClN5O4S2/c1-16-2-10-20(11-3-16)34-14-22-28-29-24(30(22)19-8-4-17(25)5-9-19)35-15-23(31)27-18-6-12-21(13-7-18)36(26,32)33/h2-13H,14-15H2,1H3,(H,27,31)(H2,26,32,33). The lowest BCUT2D eigenvalue weighted by Crippen LogP contribution is -2.15. The minimum atomic E-state index is -3.80. The average molecular weight is 544 g/mol. The van der Waals surface area contributed by atoms with Gasteiger partial charge in [-0.05, 0) is 67.6 Å². The van der Waals surface area contributed by atoms with E-state index in [0.29, 0.717) is 27.4 Å². The van der Waals surface area contributed by atoms with Crippen LogP contribution in [-0.4, -0.2) is 34.8 Å². The minimum absolute atomic E-state index is 0.0358. The maximum Gasteiger partial charge on any atom is 0.238 e. The largest absolute Gasteiger partial charge is 0.486 e. The molecule has 0 fully saturated rings. The van der Waals surface area contributed by atoms with Crippen LogP contribution in [0.4, 0.5) is 5.69 Å². The molecule has 0 saturated heterocycles. The molecule has 12 heteroatoms. The third-order valence-electron chi connectivity index (χ3n) is 4.97. The van der Waals surface area contributed by atoms with Crippen molar-refractivity contribution in [1.82, 2.24) is 14.8 Å². The number of nitrogens with two attached hydrogens (primary N) is 1. The van der Waals surface area contributed by atoms with Gasteiger partial charge in [-0.25, -0.2) is 13.6 Å². The number of carbonyl (C=O) groups excluding carboxylic acids is 1. The van der Waals surface area contributed by atoms with Crippen molar-refractivity contribution in [3.8, 4) is 11.4 Å². The number of amides is 1. The van der Waals surface area contributed by atoms with Crippen LogP contribution in [0, 0.1) is 6.92 Å². The summed E-state index contributed by atoms with van der Waals surface area (Å²) in [5.74, 6) is 1.00. The zero-order valence-corrected chi connectivity index (χ0v) is 21.5. The van der Waals surface area contributed by atoms with Gasteiger partial charge in [-0.3, -0.25) is 9.36 Å². The number of hydrogen-bond acceptors (Lipinski definition) is 7. The van der Waals surface area contributed by atoms with Crippen LogP contribution in [0.25, 0.3) is 5.69 Å². The third kappa shape index (κ3) is 6.64. The van der Waals surface area contributed by atoms with Gasteiger partial charge >= 0.3 is 0 Å². The second kappa shape index (κ2) is 11.1. The lowest BCUT2D eigenvalue weighted by Gasteiger charge is -2.12. The van der Waals surface area contributed by atoms with Gasteiger partial charge in [0.15, 0.2) is 11.0 Å². The Balaban J connectivity index is 1.48. The van der Waals surface area contributed by atoms with Gasteiger partial charge in [0.2, 0.25) is 15.9 Å². The van der Waals surface area contributed by atoms with E-state index in [-0.39, 0.29) is 23.2 Å². The SMILES string of the molecule is Cc1ccc(OCc2nnc(SCC(=O)Nc3ccc(S(N)(=O)=O)cc3)n2-c2ccc(Cl)cc2)cc1. The number of sulfonamides is 1. The van der Waals surface area contributed by atoms with Crippen molar-refractivity contribution in [2.24, 2.45) is 5.14 Å². The molecule has 0 aliphatic carbocycles. The number of hydrogen-bond donors (Lipinski definition) is 2. The normalized spacial score (nSPS) is 11.3. The van der Waals surface area contributed by atoms with Crippen molar-refractivity contribution in [2.45, 2.75) is 23.6 Å². The highest BCUT2D eigenvalue weighted by atomic mass is 35.5. The molecule has 9 nitrogen and oxygen atoms in total. The fourth-order valence-electron chi connectivity index (χ4n) is 3.17. The molecule has 0 aliphatic heterocycles. The van der Waals surface area contributed by atoms with Gasteiger partial charge in [0.25, 0.3) is 0 Å². The maximum atomic E-state index is 12.5. The number of aromatic nitrogens is 3. The first-order valence-electron chi connectivity index (χ1n) is 10.6. The Morgan fingerprint density at radius 3 is 2.33 bits per heavy atom. The average Bonchev–Trinajstić information content (AvgIpc) is 3.25. The molecule has 0 saturated carbocycles. The number of anilines is 1. The van der Waals surface area contributed by atoms with E-state index in [0.717, 1.165) is 11.3 Å². The molecule has 0 unspecified atom stereocenters. The Morgan fingerprint density at radius 1 is 1.03 bits per heavy atom. The summed E-state index contributed by atoms with van der Waals surface area (Å²) in [4.78, 5) is 12.5. The predicted octanol–water partition coefficient (Wildman–Crippen LogP) is 4.19. The van der Waals surface area contributed by atoms with Gasteiger partial charge in [-0.1, -0.05) is 41.1 Å². The molecule has 1 heterocycles. The van der Waals surface area contributed by atoms with Gasteiger partial charge in [0, 0.05) is 16.4 Å². The molecule has 3 N–H and O–H groups in total. The predicted molar refractivity (Wildman–Crippen MR) is 139 cm³/mol. The molecule has 0 atom stereocenters. The molecule has 3 aromatic carbocycles. The van der Waals surface area contributed by atoms with Crippen molar-refractivity contribution in [1.29, 1.82) is 0 Å². The first kappa shape index (κ1) is 25.7. The molecule has 1 aromatic heterocycles. The van der Waals surface area contributed by atoms with Crippen molar-refractivity contribution in [3.63, 3.8) is 0 Å². The number of nitrogens with one attached hydrogen (secondary N) is 1. The Kier molecular flexibility index (Phi) is 7.94. The minimum Gasteiger partial charge on any atom is -0.486 e.